The molecule has 0 bridgehead atoms. The van der Waals surface area contributed by atoms with Gasteiger partial charge in [-0.3, -0.25) is 0 Å². The summed E-state index contributed by atoms with van der Waals surface area (Å²) in [6.45, 7) is 8.21. The summed E-state index contributed by atoms with van der Waals surface area (Å²) in [4.78, 5) is 0. The van der Waals surface area contributed by atoms with E-state index in [1.165, 1.54) is 0 Å². The van der Waals surface area contributed by atoms with Crippen molar-refractivity contribution < 1.29 is 4.74 Å². The molecule has 0 aromatic heterocycles. The first-order valence-electron chi connectivity index (χ1n) is 3.86. The van der Waals surface area contributed by atoms with Crippen LogP contribution < -0.4 is 0 Å². The number of hydrogen-bond donors (Lipinski definition) is 0. The predicted octanol–water partition coefficient (Wildman–Crippen LogP) is 2.69. The van der Waals surface area contributed by atoms with Crippen molar-refractivity contribution in [2.75, 3.05) is 18.5 Å². The summed E-state index contributed by atoms with van der Waals surface area (Å²) < 4.78 is 5.32. The minimum Gasteiger partial charge on any atom is -0.381 e. The lowest BCUT2D eigenvalue weighted by molar-refractivity contribution is 0.102. The zero-order valence-electron chi connectivity index (χ0n) is 7.06. The Bertz CT molecular complexity index is 73.7. The zero-order chi connectivity index (χ0) is 7.98. The van der Waals surface area contributed by atoms with Gasteiger partial charge in [0.1, 0.15) is 0 Å². The van der Waals surface area contributed by atoms with Crippen molar-refractivity contribution in [2.45, 2.75) is 20.8 Å². The molecule has 0 aliphatic rings. The van der Waals surface area contributed by atoms with Gasteiger partial charge in [-0.2, -0.15) is 0 Å². The molecule has 10 heavy (non-hydrogen) atoms. The zero-order valence-corrected chi connectivity index (χ0v) is 8.65. The summed E-state index contributed by atoms with van der Waals surface area (Å²) in [5.41, 5.74) is 0. The third-order valence-corrected chi connectivity index (χ3v) is 2.51. The lowest BCUT2D eigenvalue weighted by atomic mass is 9.99. The van der Waals surface area contributed by atoms with Gasteiger partial charge < -0.3 is 4.74 Å². The first kappa shape index (κ1) is 10.4. The van der Waals surface area contributed by atoms with Crippen LogP contribution in [0.2, 0.25) is 0 Å². The minimum absolute atomic E-state index is 0.667. The van der Waals surface area contributed by atoms with E-state index in [2.05, 4.69) is 29.8 Å². The molecule has 0 amide bonds. The smallest absolute Gasteiger partial charge is 0.0504 e. The predicted molar refractivity (Wildman–Crippen MR) is 48.6 cm³/mol. The summed E-state index contributed by atoms with van der Waals surface area (Å²) in [5, 5.41) is 1.05. The maximum atomic E-state index is 5.32. The summed E-state index contributed by atoms with van der Waals surface area (Å²) >= 11 is 3.47. The van der Waals surface area contributed by atoms with Crippen molar-refractivity contribution in [2.24, 2.45) is 11.8 Å². The van der Waals surface area contributed by atoms with Gasteiger partial charge in [0.05, 0.1) is 6.61 Å². The van der Waals surface area contributed by atoms with Gasteiger partial charge in [-0.25, -0.2) is 0 Å². The van der Waals surface area contributed by atoms with Gasteiger partial charge >= 0.3 is 0 Å². The normalized spacial score (nSPS) is 14.1. The summed E-state index contributed by atoms with van der Waals surface area (Å²) in [6, 6.07) is 0. The van der Waals surface area contributed by atoms with Crippen LogP contribution >= 0.6 is 15.9 Å². The molecule has 62 valence electrons. The summed E-state index contributed by atoms with van der Waals surface area (Å²) in [6.07, 6.45) is 0. The van der Waals surface area contributed by atoms with Crippen LogP contribution in [0, 0.1) is 11.8 Å². The Morgan fingerprint density at radius 2 is 2.00 bits per heavy atom. The van der Waals surface area contributed by atoms with Gasteiger partial charge in [0.15, 0.2) is 0 Å². The molecular weight excluding hydrogens is 192 g/mol. The van der Waals surface area contributed by atoms with E-state index in [-0.39, 0.29) is 0 Å². The molecular formula is C8H17BrO. The average molecular weight is 209 g/mol. The highest BCUT2D eigenvalue weighted by Gasteiger charge is 2.10. The Labute approximate surface area is 72.3 Å². The molecule has 1 unspecified atom stereocenters. The Hall–Kier alpha value is 0.440. The van der Waals surface area contributed by atoms with Crippen LogP contribution in [0.5, 0.6) is 0 Å². The average Bonchev–Trinajstić information content (AvgIpc) is 1.89. The van der Waals surface area contributed by atoms with Crippen molar-refractivity contribution in [3.8, 4) is 0 Å². The van der Waals surface area contributed by atoms with E-state index in [1.807, 2.05) is 6.92 Å². The highest BCUT2D eigenvalue weighted by Crippen LogP contribution is 2.13. The van der Waals surface area contributed by atoms with Crippen molar-refractivity contribution in [3.05, 3.63) is 0 Å². The second kappa shape index (κ2) is 6.17. The molecule has 0 aromatic carbocycles. The SMILES string of the molecule is CCOCC(CBr)C(C)C. The van der Waals surface area contributed by atoms with Crippen LogP contribution in [-0.4, -0.2) is 18.5 Å². The molecule has 0 aliphatic carbocycles. The molecule has 0 heterocycles. The van der Waals surface area contributed by atoms with Crippen molar-refractivity contribution in [1.82, 2.24) is 0 Å². The third kappa shape index (κ3) is 4.29. The van der Waals surface area contributed by atoms with Crippen molar-refractivity contribution >= 4 is 15.9 Å². The molecule has 0 saturated heterocycles. The molecule has 2 heteroatoms. The molecule has 1 atom stereocenters. The first-order valence-corrected chi connectivity index (χ1v) is 4.98. The number of halogens is 1. The fourth-order valence-corrected chi connectivity index (χ4v) is 1.62. The number of rotatable bonds is 5. The Kier molecular flexibility index (Phi) is 6.44. The maximum absolute atomic E-state index is 5.32. The van der Waals surface area contributed by atoms with Gasteiger partial charge in [-0.05, 0) is 18.8 Å². The first-order chi connectivity index (χ1) is 4.72. The summed E-state index contributed by atoms with van der Waals surface area (Å²) in [5.74, 6) is 1.38. The van der Waals surface area contributed by atoms with E-state index in [0.29, 0.717) is 11.8 Å². The van der Waals surface area contributed by atoms with Gasteiger partial charge in [-0.1, -0.05) is 29.8 Å². The lowest BCUT2D eigenvalue weighted by Gasteiger charge is -2.17. The number of alkyl halides is 1. The van der Waals surface area contributed by atoms with Gasteiger partial charge in [-0.15, -0.1) is 0 Å². The molecule has 0 N–H and O–H groups in total. The van der Waals surface area contributed by atoms with E-state index in [1.54, 1.807) is 0 Å². The van der Waals surface area contributed by atoms with Crippen LogP contribution in [0.4, 0.5) is 0 Å². The highest BCUT2D eigenvalue weighted by atomic mass is 79.9. The van der Waals surface area contributed by atoms with Gasteiger partial charge in [0.25, 0.3) is 0 Å². The van der Waals surface area contributed by atoms with Crippen LogP contribution in [0.25, 0.3) is 0 Å². The molecule has 1 nitrogen and oxygen atoms in total. The van der Waals surface area contributed by atoms with E-state index in [4.69, 9.17) is 4.74 Å². The fourth-order valence-electron chi connectivity index (χ4n) is 0.684. The monoisotopic (exact) mass is 208 g/mol. The summed E-state index contributed by atoms with van der Waals surface area (Å²) in [7, 11) is 0. The van der Waals surface area contributed by atoms with Crippen molar-refractivity contribution in [3.63, 3.8) is 0 Å². The van der Waals surface area contributed by atoms with E-state index in [9.17, 15) is 0 Å². The standard InChI is InChI=1S/C8H17BrO/c1-4-10-6-8(5-9)7(2)3/h7-8H,4-6H2,1-3H3. The highest BCUT2D eigenvalue weighted by molar-refractivity contribution is 9.09. The second-order valence-corrected chi connectivity index (χ2v) is 3.47. The van der Waals surface area contributed by atoms with Crippen LogP contribution in [0.3, 0.4) is 0 Å². The van der Waals surface area contributed by atoms with E-state index < -0.39 is 0 Å². The molecule has 0 fully saturated rings. The lowest BCUT2D eigenvalue weighted by Crippen LogP contribution is -2.17. The number of ether oxygens (including phenoxy) is 1. The third-order valence-electron chi connectivity index (χ3n) is 1.68. The Morgan fingerprint density at radius 3 is 2.30 bits per heavy atom. The molecule has 0 rings (SSSR count). The van der Waals surface area contributed by atoms with Crippen LogP contribution in [0.15, 0.2) is 0 Å². The van der Waals surface area contributed by atoms with E-state index in [0.717, 1.165) is 18.5 Å². The molecule has 0 aromatic rings. The van der Waals surface area contributed by atoms with Crippen molar-refractivity contribution in [1.29, 1.82) is 0 Å². The second-order valence-electron chi connectivity index (χ2n) is 2.82. The van der Waals surface area contributed by atoms with Crippen LogP contribution in [-0.2, 0) is 4.74 Å². The topological polar surface area (TPSA) is 9.23 Å². The Balaban J connectivity index is 3.40. The fraction of sp³-hybridized carbons (Fsp3) is 1.00. The molecule has 0 spiro atoms. The van der Waals surface area contributed by atoms with Gasteiger partial charge in [0, 0.05) is 11.9 Å². The van der Waals surface area contributed by atoms with E-state index >= 15 is 0 Å². The van der Waals surface area contributed by atoms with Crippen LogP contribution in [0.1, 0.15) is 20.8 Å². The van der Waals surface area contributed by atoms with Gasteiger partial charge in [0.2, 0.25) is 0 Å². The molecule has 0 radical (unpaired) electrons. The minimum atomic E-state index is 0.667. The quantitative estimate of drug-likeness (QED) is 0.632. The molecule has 0 aliphatic heterocycles. The largest absolute Gasteiger partial charge is 0.381 e. The number of hydrogen-bond acceptors (Lipinski definition) is 1. The molecule has 0 saturated carbocycles. The maximum Gasteiger partial charge on any atom is 0.0504 e. The Morgan fingerprint density at radius 1 is 1.40 bits per heavy atom.